The summed E-state index contributed by atoms with van der Waals surface area (Å²) >= 11 is 0. The number of likely N-dealkylation sites (tertiary alicyclic amines) is 1. The number of ether oxygens (including phenoxy) is 1. The molecule has 34 heavy (non-hydrogen) atoms. The van der Waals surface area contributed by atoms with Crippen LogP contribution >= 0.6 is 0 Å². The third-order valence-electron chi connectivity index (χ3n) is 7.02. The molecule has 6 heteroatoms. The van der Waals surface area contributed by atoms with E-state index in [9.17, 15) is 9.18 Å². The van der Waals surface area contributed by atoms with Crippen LogP contribution in [0.15, 0.2) is 65.3 Å². The fourth-order valence-corrected chi connectivity index (χ4v) is 4.96. The van der Waals surface area contributed by atoms with Crippen molar-refractivity contribution in [2.45, 2.75) is 38.8 Å². The van der Waals surface area contributed by atoms with E-state index in [1.807, 2.05) is 37.1 Å². The number of amides is 1. The number of aryl methyl sites for hydroxylation is 1. The van der Waals surface area contributed by atoms with Gasteiger partial charge in [0.05, 0.1) is 18.9 Å². The number of benzene rings is 2. The maximum atomic E-state index is 14.3. The van der Waals surface area contributed by atoms with Gasteiger partial charge in [-0.2, -0.15) is 0 Å². The van der Waals surface area contributed by atoms with Crippen molar-refractivity contribution in [3.05, 3.63) is 89.1 Å². The Morgan fingerprint density at radius 1 is 1.18 bits per heavy atom. The third kappa shape index (κ3) is 5.50. The molecule has 1 saturated heterocycles. The fourth-order valence-electron chi connectivity index (χ4n) is 4.96. The number of furan rings is 1. The van der Waals surface area contributed by atoms with Crippen LogP contribution in [0.1, 0.15) is 40.1 Å². The molecule has 0 radical (unpaired) electrons. The number of methoxy groups -OCH3 is 1. The van der Waals surface area contributed by atoms with E-state index >= 15 is 0 Å². The van der Waals surface area contributed by atoms with Gasteiger partial charge in [-0.15, -0.1) is 0 Å². The highest BCUT2D eigenvalue weighted by molar-refractivity contribution is 5.95. The Morgan fingerprint density at radius 2 is 1.91 bits per heavy atom. The second-order valence-electron chi connectivity index (χ2n) is 9.13. The quantitative estimate of drug-likeness (QED) is 0.452. The van der Waals surface area contributed by atoms with E-state index < -0.39 is 0 Å². The van der Waals surface area contributed by atoms with Gasteiger partial charge >= 0.3 is 0 Å². The summed E-state index contributed by atoms with van der Waals surface area (Å²) in [4.78, 5) is 17.5. The van der Waals surface area contributed by atoms with Crippen molar-refractivity contribution < 1.29 is 18.3 Å². The van der Waals surface area contributed by atoms with Crippen LogP contribution in [0.4, 0.5) is 4.39 Å². The summed E-state index contributed by atoms with van der Waals surface area (Å²) in [6, 6.07) is 17.0. The first-order valence-corrected chi connectivity index (χ1v) is 11.9. The number of hydrogen-bond acceptors (Lipinski definition) is 4. The normalized spacial score (nSPS) is 15.8. The number of carbonyl (C=O) groups is 1. The van der Waals surface area contributed by atoms with Crippen molar-refractivity contribution in [2.75, 3.05) is 27.2 Å². The summed E-state index contributed by atoms with van der Waals surface area (Å²) in [5.74, 6) is 1.46. The van der Waals surface area contributed by atoms with Gasteiger partial charge in [0, 0.05) is 25.2 Å². The summed E-state index contributed by atoms with van der Waals surface area (Å²) in [7, 11) is 3.50. The van der Waals surface area contributed by atoms with Gasteiger partial charge in [0.25, 0.3) is 5.91 Å². The predicted octanol–water partition coefficient (Wildman–Crippen LogP) is 5.33. The van der Waals surface area contributed by atoms with Crippen molar-refractivity contribution in [1.82, 2.24) is 9.80 Å². The van der Waals surface area contributed by atoms with Crippen molar-refractivity contribution in [2.24, 2.45) is 5.92 Å². The number of halogens is 1. The minimum atomic E-state index is -0.203. The molecule has 2 heterocycles. The lowest BCUT2D eigenvalue weighted by atomic mass is 9.84. The molecule has 5 nitrogen and oxygen atoms in total. The lowest BCUT2D eigenvalue weighted by Crippen LogP contribution is -2.47. The van der Waals surface area contributed by atoms with Crippen LogP contribution in [0.2, 0.25) is 0 Å². The Hall–Kier alpha value is -3.12. The van der Waals surface area contributed by atoms with Crippen molar-refractivity contribution >= 4 is 5.91 Å². The molecule has 1 unspecified atom stereocenters. The monoisotopic (exact) mass is 464 g/mol. The summed E-state index contributed by atoms with van der Waals surface area (Å²) in [6.07, 6.45) is 4.27. The fraction of sp³-hybridized carbons (Fsp3) is 0.393. The average molecular weight is 465 g/mol. The smallest absolute Gasteiger partial charge is 0.257 e. The maximum absolute atomic E-state index is 14.3. The van der Waals surface area contributed by atoms with Gasteiger partial charge in [-0.05, 0) is 75.0 Å². The lowest BCUT2D eigenvalue weighted by Gasteiger charge is -2.40. The molecule has 0 bridgehead atoms. The molecule has 1 amide bonds. The first-order chi connectivity index (χ1) is 16.5. The Kier molecular flexibility index (Phi) is 7.68. The summed E-state index contributed by atoms with van der Waals surface area (Å²) in [5, 5.41) is 0. The third-order valence-corrected chi connectivity index (χ3v) is 7.02. The van der Waals surface area contributed by atoms with E-state index in [0.717, 1.165) is 32.4 Å². The van der Waals surface area contributed by atoms with Gasteiger partial charge < -0.3 is 14.1 Å². The van der Waals surface area contributed by atoms with Crippen LogP contribution in [-0.2, 0) is 13.0 Å². The largest absolute Gasteiger partial charge is 0.497 e. The van der Waals surface area contributed by atoms with E-state index in [1.54, 1.807) is 31.6 Å². The standard InChI is InChI=1S/C28H33FN2O3/c1-20-25(13-16-34-20)28(32)30(2)27(17-21-7-5-4-6-8-21)22-11-14-31(15-12-22)19-23-18-24(33-3)9-10-26(23)29/h4-10,13,16,18,22,27H,11-12,14-15,17,19H2,1-3H3. The molecule has 1 aromatic heterocycles. The second kappa shape index (κ2) is 10.9. The minimum absolute atomic E-state index is 0.00642. The van der Waals surface area contributed by atoms with E-state index in [2.05, 4.69) is 17.0 Å². The van der Waals surface area contributed by atoms with Crippen LogP contribution in [0.3, 0.4) is 0 Å². The number of rotatable bonds is 8. The molecule has 4 rings (SSSR count). The predicted molar refractivity (Wildman–Crippen MR) is 130 cm³/mol. The van der Waals surface area contributed by atoms with Crippen LogP contribution in [0, 0.1) is 18.7 Å². The molecule has 0 N–H and O–H groups in total. The highest BCUT2D eigenvalue weighted by atomic mass is 19.1. The minimum Gasteiger partial charge on any atom is -0.497 e. The second-order valence-corrected chi connectivity index (χ2v) is 9.13. The number of likely N-dealkylation sites (N-methyl/N-ethyl adjacent to an activating group) is 1. The molecule has 1 aliphatic rings. The summed E-state index contributed by atoms with van der Waals surface area (Å²) in [5.41, 5.74) is 2.49. The first kappa shape index (κ1) is 24.0. The Balaban J connectivity index is 1.47. The molecule has 1 aliphatic heterocycles. The van der Waals surface area contributed by atoms with Gasteiger partial charge in [0.15, 0.2) is 0 Å². The molecule has 1 fully saturated rings. The van der Waals surface area contributed by atoms with Crippen LogP contribution in [0.25, 0.3) is 0 Å². The number of carbonyl (C=O) groups excluding carboxylic acids is 1. The Labute approximate surface area is 201 Å². The van der Waals surface area contributed by atoms with Gasteiger partial charge in [0.1, 0.15) is 17.3 Å². The summed E-state index contributed by atoms with van der Waals surface area (Å²) < 4.78 is 25.0. The van der Waals surface area contributed by atoms with Crippen LogP contribution in [0.5, 0.6) is 5.75 Å². The van der Waals surface area contributed by atoms with E-state index in [-0.39, 0.29) is 17.8 Å². The molecule has 180 valence electrons. The molecule has 0 saturated carbocycles. The van der Waals surface area contributed by atoms with Crippen molar-refractivity contribution in [1.29, 1.82) is 0 Å². The zero-order valence-electron chi connectivity index (χ0n) is 20.2. The van der Waals surface area contributed by atoms with Gasteiger partial charge in [0.2, 0.25) is 0 Å². The molecule has 0 spiro atoms. The van der Waals surface area contributed by atoms with E-state index in [4.69, 9.17) is 9.15 Å². The SMILES string of the molecule is COc1ccc(F)c(CN2CCC(C(Cc3ccccc3)N(C)C(=O)c3ccoc3C)CC2)c1. The van der Waals surface area contributed by atoms with Crippen LogP contribution < -0.4 is 4.74 Å². The molecular formula is C28H33FN2O3. The van der Waals surface area contributed by atoms with Crippen molar-refractivity contribution in [3.8, 4) is 5.75 Å². The number of nitrogens with zero attached hydrogens (tertiary/aromatic N) is 2. The number of piperidine rings is 1. The Morgan fingerprint density at radius 3 is 2.56 bits per heavy atom. The lowest BCUT2D eigenvalue weighted by molar-refractivity contribution is 0.0582. The van der Waals surface area contributed by atoms with Gasteiger partial charge in [-0.3, -0.25) is 9.69 Å². The first-order valence-electron chi connectivity index (χ1n) is 11.9. The van der Waals surface area contributed by atoms with Crippen molar-refractivity contribution in [3.63, 3.8) is 0 Å². The van der Waals surface area contributed by atoms with Gasteiger partial charge in [-0.1, -0.05) is 30.3 Å². The molecule has 2 aromatic carbocycles. The van der Waals surface area contributed by atoms with Crippen LogP contribution in [-0.4, -0.2) is 49.0 Å². The highest BCUT2D eigenvalue weighted by Crippen LogP contribution is 2.29. The molecule has 1 atom stereocenters. The Bertz CT molecular complexity index is 1090. The van der Waals surface area contributed by atoms with E-state index in [0.29, 0.717) is 35.1 Å². The zero-order valence-corrected chi connectivity index (χ0v) is 20.2. The maximum Gasteiger partial charge on any atom is 0.257 e. The number of hydrogen-bond donors (Lipinski definition) is 0. The topological polar surface area (TPSA) is 45.9 Å². The average Bonchev–Trinajstić information content (AvgIpc) is 3.30. The molecular weight excluding hydrogens is 431 g/mol. The highest BCUT2D eigenvalue weighted by Gasteiger charge is 2.33. The van der Waals surface area contributed by atoms with E-state index in [1.165, 1.54) is 11.6 Å². The molecule has 3 aromatic rings. The summed E-state index contributed by atoms with van der Waals surface area (Å²) in [6.45, 7) is 4.10. The van der Waals surface area contributed by atoms with Gasteiger partial charge in [-0.25, -0.2) is 4.39 Å². The molecule has 0 aliphatic carbocycles. The zero-order chi connectivity index (χ0) is 24.1.